The maximum absolute atomic E-state index is 4.18. The lowest BCUT2D eigenvalue weighted by Gasteiger charge is -2.22. The molecule has 0 bridgehead atoms. The van der Waals surface area contributed by atoms with Gasteiger partial charge in [-0.2, -0.15) is 0 Å². The van der Waals surface area contributed by atoms with E-state index < -0.39 is 0 Å². The topological polar surface area (TPSA) is 9.86 Å². The van der Waals surface area contributed by atoms with Crippen molar-refractivity contribution in [3.05, 3.63) is 145 Å². The third-order valence-corrected chi connectivity index (χ3v) is 9.20. The van der Waals surface area contributed by atoms with Crippen LogP contribution in [-0.2, 0) is 5.41 Å². The summed E-state index contributed by atoms with van der Waals surface area (Å²) < 4.78 is 4.79. The van der Waals surface area contributed by atoms with Gasteiger partial charge in [-0.05, 0) is 89.9 Å². The van der Waals surface area contributed by atoms with Crippen molar-refractivity contribution in [2.24, 2.45) is 0 Å². The third kappa shape index (κ3) is 3.27. The van der Waals surface area contributed by atoms with Crippen molar-refractivity contribution in [3.8, 4) is 16.8 Å². The Kier molecular flexibility index (Phi) is 5.27. The van der Waals surface area contributed by atoms with Gasteiger partial charge in [0.25, 0.3) is 0 Å². The van der Waals surface area contributed by atoms with Crippen LogP contribution in [0.15, 0.2) is 134 Å². The molecule has 2 heteroatoms. The molecule has 0 aliphatic heterocycles. The lowest BCUT2D eigenvalue weighted by Crippen LogP contribution is -2.15. The van der Waals surface area contributed by atoms with Gasteiger partial charge in [-0.15, -0.1) is 0 Å². The summed E-state index contributed by atoms with van der Waals surface area (Å²) in [6.07, 6.45) is 8.25. The van der Waals surface area contributed by atoms with Crippen molar-refractivity contribution in [3.63, 3.8) is 0 Å². The summed E-state index contributed by atoms with van der Waals surface area (Å²) in [5.74, 6) is 0. The quantitative estimate of drug-likeness (QED) is 0.197. The fourth-order valence-corrected chi connectivity index (χ4v) is 7.22. The number of hydrogen-bond acceptors (Lipinski definition) is 0. The van der Waals surface area contributed by atoms with Crippen LogP contribution in [0.1, 0.15) is 31.9 Å². The van der Waals surface area contributed by atoms with E-state index in [2.05, 4.69) is 151 Å². The lowest BCUT2D eigenvalue weighted by atomic mass is 9.82. The molecule has 0 spiro atoms. The van der Waals surface area contributed by atoms with E-state index in [1.54, 1.807) is 0 Å². The lowest BCUT2D eigenvalue weighted by molar-refractivity contribution is 0.661. The van der Waals surface area contributed by atoms with E-state index in [4.69, 9.17) is 0 Å². The number of para-hydroxylation sites is 3. The average molecular weight is 541 g/mol. The first-order valence-corrected chi connectivity index (χ1v) is 14.7. The Morgan fingerprint density at radius 2 is 1.21 bits per heavy atom. The third-order valence-electron chi connectivity index (χ3n) is 9.20. The minimum Gasteiger partial charge on any atom is -0.309 e. The van der Waals surface area contributed by atoms with Crippen LogP contribution in [0.4, 0.5) is 0 Å². The van der Waals surface area contributed by atoms with Gasteiger partial charge in [-0.3, -0.25) is 0 Å². The highest BCUT2D eigenvalue weighted by molar-refractivity contribution is 6.15. The van der Waals surface area contributed by atoms with E-state index in [1.165, 1.54) is 71.6 Å². The van der Waals surface area contributed by atoms with Crippen molar-refractivity contribution in [1.82, 2.24) is 9.13 Å². The standard InChI is InChI=1S/C40H32N2/c1-5-7-15-26(6-2)41-36-20-13-11-18-28(36)32-22-30-31-23-33-29-19-12-14-21-37(29)42(27-16-9-8-10-17-27)39(33)25-35(31)40(3,4)34(30)24-38(32)41/h5-25H,2H2,1,3-4H3/b7-5-,26-15+. The highest BCUT2D eigenvalue weighted by atomic mass is 15.0. The van der Waals surface area contributed by atoms with Gasteiger partial charge in [0.05, 0.1) is 22.1 Å². The largest absolute Gasteiger partial charge is 0.309 e. The van der Waals surface area contributed by atoms with E-state index in [0.717, 1.165) is 5.70 Å². The van der Waals surface area contributed by atoms with E-state index in [9.17, 15) is 0 Å². The number of nitrogens with zero attached hydrogens (tertiary/aromatic N) is 2. The zero-order valence-corrected chi connectivity index (χ0v) is 24.2. The van der Waals surface area contributed by atoms with Crippen LogP contribution in [0.25, 0.3) is 66.1 Å². The fourth-order valence-electron chi connectivity index (χ4n) is 7.22. The summed E-state index contributed by atoms with van der Waals surface area (Å²) in [5, 5.41) is 5.11. The predicted octanol–water partition coefficient (Wildman–Crippen LogP) is 10.8. The molecule has 2 aromatic heterocycles. The summed E-state index contributed by atoms with van der Waals surface area (Å²) in [7, 11) is 0. The average Bonchev–Trinajstić information content (AvgIpc) is 3.60. The minimum atomic E-state index is -0.159. The van der Waals surface area contributed by atoms with Gasteiger partial charge in [-0.25, -0.2) is 0 Å². The molecule has 8 rings (SSSR count). The smallest absolute Gasteiger partial charge is 0.0544 e. The Hall–Kier alpha value is -5.08. The number of fused-ring (bicyclic) bond motifs is 9. The first-order valence-electron chi connectivity index (χ1n) is 14.7. The Labute approximate surface area is 246 Å². The van der Waals surface area contributed by atoms with Gasteiger partial charge in [0.2, 0.25) is 0 Å². The van der Waals surface area contributed by atoms with Gasteiger partial charge in [0.1, 0.15) is 0 Å². The molecule has 42 heavy (non-hydrogen) atoms. The highest BCUT2D eigenvalue weighted by Gasteiger charge is 2.37. The first kappa shape index (κ1) is 24.7. The van der Waals surface area contributed by atoms with Gasteiger partial charge in [-0.1, -0.05) is 87.2 Å². The van der Waals surface area contributed by atoms with Crippen LogP contribution < -0.4 is 0 Å². The zero-order valence-electron chi connectivity index (χ0n) is 24.2. The van der Waals surface area contributed by atoms with Crippen LogP contribution in [0.5, 0.6) is 0 Å². The number of benzene rings is 5. The summed E-state index contributed by atoms with van der Waals surface area (Å²) in [6, 6.07) is 38.0. The number of hydrogen-bond donors (Lipinski definition) is 0. The molecule has 0 saturated heterocycles. The van der Waals surface area contributed by atoms with E-state index in [-0.39, 0.29) is 5.41 Å². The van der Waals surface area contributed by atoms with Gasteiger partial charge in [0, 0.05) is 38.3 Å². The molecular formula is C40H32N2. The number of allylic oxidation sites excluding steroid dienone is 5. The van der Waals surface area contributed by atoms with Crippen molar-refractivity contribution < 1.29 is 0 Å². The van der Waals surface area contributed by atoms with Gasteiger partial charge in [0.15, 0.2) is 0 Å². The molecule has 2 nitrogen and oxygen atoms in total. The summed E-state index contributed by atoms with van der Waals surface area (Å²) in [5.41, 5.74) is 12.4. The maximum atomic E-state index is 4.18. The number of aromatic nitrogens is 2. The van der Waals surface area contributed by atoms with E-state index in [1.807, 2.05) is 13.0 Å². The SMILES string of the molecule is C=C/C(=C\C=C/C)n1c2ccccc2c2cc3c(cc21)C(C)(C)c1cc2c(cc1-3)c1ccccc1n2-c1ccccc1. The molecule has 0 fully saturated rings. The molecule has 1 aliphatic rings. The Bertz CT molecular complexity index is 2280. The Morgan fingerprint density at radius 3 is 1.88 bits per heavy atom. The second-order valence-corrected chi connectivity index (χ2v) is 11.8. The van der Waals surface area contributed by atoms with Crippen molar-refractivity contribution in [1.29, 1.82) is 0 Å². The molecule has 2 heterocycles. The summed E-state index contributed by atoms with van der Waals surface area (Å²) >= 11 is 0. The van der Waals surface area contributed by atoms with Crippen molar-refractivity contribution >= 4 is 49.3 Å². The molecule has 5 aromatic carbocycles. The van der Waals surface area contributed by atoms with Crippen LogP contribution >= 0.6 is 0 Å². The molecular weight excluding hydrogens is 508 g/mol. The predicted molar refractivity (Wildman–Crippen MR) is 181 cm³/mol. The molecule has 0 amide bonds. The van der Waals surface area contributed by atoms with Crippen molar-refractivity contribution in [2.45, 2.75) is 26.2 Å². The van der Waals surface area contributed by atoms with E-state index >= 15 is 0 Å². The Morgan fingerprint density at radius 1 is 0.643 bits per heavy atom. The molecule has 0 radical (unpaired) electrons. The zero-order chi connectivity index (χ0) is 28.6. The fraction of sp³-hybridized carbons (Fsp3) is 0.100. The van der Waals surface area contributed by atoms with Crippen LogP contribution in [0, 0.1) is 0 Å². The molecule has 0 unspecified atom stereocenters. The second-order valence-electron chi connectivity index (χ2n) is 11.8. The van der Waals surface area contributed by atoms with Crippen molar-refractivity contribution in [2.75, 3.05) is 0 Å². The molecule has 7 aromatic rings. The van der Waals surface area contributed by atoms with Gasteiger partial charge >= 0.3 is 0 Å². The van der Waals surface area contributed by atoms with Crippen LogP contribution in [0.2, 0.25) is 0 Å². The van der Waals surface area contributed by atoms with Gasteiger partial charge < -0.3 is 9.13 Å². The van der Waals surface area contributed by atoms with E-state index in [0.29, 0.717) is 0 Å². The second kappa shape index (κ2) is 8.96. The van der Waals surface area contributed by atoms with Crippen LogP contribution in [0.3, 0.4) is 0 Å². The molecule has 0 atom stereocenters. The van der Waals surface area contributed by atoms with Crippen LogP contribution in [-0.4, -0.2) is 9.13 Å². The summed E-state index contributed by atoms with van der Waals surface area (Å²) in [4.78, 5) is 0. The minimum absolute atomic E-state index is 0.159. The molecule has 202 valence electrons. The highest BCUT2D eigenvalue weighted by Crippen LogP contribution is 2.53. The monoisotopic (exact) mass is 540 g/mol. The summed E-state index contributed by atoms with van der Waals surface area (Å²) in [6.45, 7) is 11.0. The maximum Gasteiger partial charge on any atom is 0.0544 e. The normalized spacial score (nSPS) is 14.4. The number of rotatable bonds is 4. The molecule has 0 saturated carbocycles. The molecule has 0 N–H and O–H groups in total. The molecule has 1 aliphatic carbocycles. The Balaban J connectivity index is 1.47. The first-order chi connectivity index (χ1) is 20.5.